The highest BCUT2D eigenvalue weighted by molar-refractivity contribution is 6.34. The van der Waals surface area contributed by atoms with Crippen LogP contribution in [-0.4, -0.2) is 42.5 Å². The molecule has 0 atom stereocenters. The summed E-state index contributed by atoms with van der Waals surface area (Å²) in [6, 6.07) is 16.9. The largest absolute Gasteiger partial charge is 0.491 e. The molecule has 5 nitrogen and oxygen atoms in total. The first-order chi connectivity index (χ1) is 16.7. The molecular weight excluding hydrogens is 462 g/mol. The number of aromatic carboxylic acids is 1. The van der Waals surface area contributed by atoms with Crippen LogP contribution in [0, 0.1) is 0 Å². The Morgan fingerprint density at radius 1 is 0.971 bits per heavy atom. The van der Waals surface area contributed by atoms with Crippen molar-refractivity contribution < 1.29 is 19.7 Å². The molecule has 184 valence electrons. The van der Waals surface area contributed by atoms with Crippen LogP contribution in [0.4, 0.5) is 5.69 Å². The molecule has 0 bridgehead atoms. The minimum Gasteiger partial charge on any atom is -0.491 e. The van der Waals surface area contributed by atoms with Gasteiger partial charge in [-0.1, -0.05) is 50.6 Å². The highest BCUT2D eigenvalue weighted by Gasteiger charge is 2.27. The number of hydrogen-bond acceptors (Lipinski definition) is 4. The van der Waals surface area contributed by atoms with E-state index in [4.69, 9.17) is 16.3 Å². The van der Waals surface area contributed by atoms with Crippen LogP contribution in [0.15, 0.2) is 54.6 Å². The summed E-state index contributed by atoms with van der Waals surface area (Å²) in [5, 5.41) is 19.3. The molecule has 0 saturated carbocycles. The van der Waals surface area contributed by atoms with Crippen molar-refractivity contribution in [2.24, 2.45) is 0 Å². The minimum atomic E-state index is -0.951. The van der Waals surface area contributed by atoms with Gasteiger partial charge in [-0.2, -0.15) is 0 Å². The summed E-state index contributed by atoms with van der Waals surface area (Å²) in [5.41, 5.74) is 6.08. The second-order valence-electron chi connectivity index (χ2n) is 9.96. The number of nitrogens with zero attached hydrogens (tertiary/aromatic N) is 1. The SMILES string of the molecule is CC(C)(C)c1cc(-c2cc(-c3ccc(C(=O)O)cc3)ccc2OCCO)cc(Cl)c1N1CCCC1. The molecule has 0 spiro atoms. The molecule has 6 heteroatoms. The lowest BCUT2D eigenvalue weighted by atomic mass is 9.83. The Hall–Kier alpha value is -3.02. The van der Waals surface area contributed by atoms with E-state index in [2.05, 4.69) is 31.7 Å². The number of aliphatic hydroxyl groups is 1. The smallest absolute Gasteiger partial charge is 0.335 e. The highest BCUT2D eigenvalue weighted by atomic mass is 35.5. The summed E-state index contributed by atoms with van der Waals surface area (Å²) in [6.45, 7) is 8.72. The van der Waals surface area contributed by atoms with Gasteiger partial charge in [0.2, 0.25) is 0 Å². The van der Waals surface area contributed by atoms with E-state index in [1.165, 1.54) is 18.4 Å². The number of benzene rings is 3. The van der Waals surface area contributed by atoms with E-state index in [0.717, 1.165) is 46.1 Å². The Labute approximate surface area is 211 Å². The summed E-state index contributed by atoms with van der Waals surface area (Å²) < 4.78 is 5.90. The molecule has 0 aliphatic carbocycles. The summed E-state index contributed by atoms with van der Waals surface area (Å²) in [5.74, 6) is -0.290. The molecule has 1 aliphatic heterocycles. The second kappa shape index (κ2) is 10.3. The number of anilines is 1. The quantitative estimate of drug-likeness (QED) is 0.386. The lowest BCUT2D eigenvalue weighted by Crippen LogP contribution is -2.24. The number of carboxylic acid groups (broad SMARTS) is 1. The normalized spacial score (nSPS) is 13.8. The zero-order valence-electron chi connectivity index (χ0n) is 20.5. The number of aliphatic hydroxyl groups excluding tert-OH is 1. The zero-order valence-corrected chi connectivity index (χ0v) is 21.2. The maximum atomic E-state index is 11.2. The molecule has 1 saturated heterocycles. The molecule has 35 heavy (non-hydrogen) atoms. The van der Waals surface area contributed by atoms with Crippen LogP contribution in [0.25, 0.3) is 22.3 Å². The number of rotatable bonds is 7. The fraction of sp³-hybridized carbons (Fsp3) is 0.345. The third-order valence-corrected chi connectivity index (χ3v) is 6.69. The molecule has 1 aliphatic rings. The molecule has 0 aromatic heterocycles. The van der Waals surface area contributed by atoms with Crippen LogP contribution >= 0.6 is 11.6 Å². The highest BCUT2D eigenvalue weighted by Crippen LogP contribution is 2.44. The van der Waals surface area contributed by atoms with Gasteiger partial charge in [0.25, 0.3) is 0 Å². The molecule has 2 N–H and O–H groups in total. The molecule has 1 fully saturated rings. The number of halogens is 1. The standard InChI is InChI=1S/C29H32ClNO4/c1-29(2,3)24-17-22(18-25(30)27(24)31-12-4-5-13-31)23-16-21(10-11-26(23)35-15-14-32)19-6-8-20(9-7-19)28(33)34/h6-11,16-18,32H,4-5,12-15H2,1-3H3,(H,33,34). The van der Waals surface area contributed by atoms with Gasteiger partial charge in [-0.3, -0.25) is 0 Å². The summed E-state index contributed by atoms with van der Waals surface area (Å²) in [4.78, 5) is 13.6. The Bertz CT molecular complexity index is 1210. The van der Waals surface area contributed by atoms with E-state index in [0.29, 0.717) is 5.75 Å². The fourth-order valence-corrected chi connectivity index (χ4v) is 4.95. The fourth-order valence-electron chi connectivity index (χ4n) is 4.61. The van der Waals surface area contributed by atoms with Gasteiger partial charge in [0.1, 0.15) is 12.4 Å². The van der Waals surface area contributed by atoms with E-state index in [1.807, 2.05) is 24.3 Å². The van der Waals surface area contributed by atoms with Crippen LogP contribution in [0.2, 0.25) is 5.02 Å². The van der Waals surface area contributed by atoms with Crippen LogP contribution < -0.4 is 9.64 Å². The Morgan fingerprint density at radius 2 is 1.63 bits per heavy atom. The van der Waals surface area contributed by atoms with Gasteiger partial charge in [-0.05, 0) is 76.9 Å². The predicted molar refractivity (Wildman–Crippen MR) is 142 cm³/mol. The monoisotopic (exact) mass is 493 g/mol. The average molecular weight is 494 g/mol. The van der Waals surface area contributed by atoms with Crippen LogP contribution in [-0.2, 0) is 5.41 Å². The molecule has 0 unspecified atom stereocenters. The van der Waals surface area contributed by atoms with E-state index in [1.54, 1.807) is 24.3 Å². The van der Waals surface area contributed by atoms with Crippen molar-refractivity contribution in [3.05, 3.63) is 70.7 Å². The number of carbonyl (C=O) groups is 1. The third kappa shape index (κ3) is 5.47. The summed E-state index contributed by atoms with van der Waals surface area (Å²) >= 11 is 6.95. The topological polar surface area (TPSA) is 70.0 Å². The van der Waals surface area contributed by atoms with Gasteiger partial charge in [-0.15, -0.1) is 0 Å². The van der Waals surface area contributed by atoms with Gasteiger partial charge >= 0.3 is 5.97 Å². The maximum absolute atomic E-state index is 11.2. The lowest BCUT2D eigenvalue weighted by molar-refractivity contribution is 0.0697. The first kappa shape index (κ1) is 25.1. The van der Waals surface area contributed by atoms with Gasteiger partial charge in [0, 0.05) is 18.7 Å². The maximum Gasteiger partial charge on any atom is 0.335 e. The van der Waals surface area contributed by atoms with Crippen molar-refractivity contribution in [1.29, 1.82) is 0 Å². The van der Waals surface area contributed by atoms with E-state index >= 15 is 0 Å². The predicted octanol–water partition coefficient (Wildman–Crippen LogP) is 6.64. The number of hydrogen-bond donors (Lipinski definition) is 2. The summed E-state index contributed by atoms with van der Waals surface area (Å²) in [7, 11) is 0. The van der Waals surface area contributed by atoms with E-state index in [9.17, 15) is 15.0 Å². The molecule has 1 heterocycles. The van der Waals surface area contributed by atoms with Gasteiger partial charge in [0.15, 0.2) is 0 Å². The van der Waals surface area contributed by atoms with Crippen molar-refractivity contribution in [2.75, 3.05) is 31.2 Å². The van der Waals surface area contributed by atoms with E-state index < -0.39 is 5.97 Å². The third-order valence-electron chi connectivity index (χ3n) is 6.40. The van der Waals surface area contributed by atoms with Crippen LogP contribution in [0.1, 0.15) is 49.5 Å². The van der Waals surface area contributed by atoms with Gasteiger partial charge in [-0.25, -0.2) is 4.79 Å². The first-order valence-corrected chi connectivity index (χ1v) is 12.4. The number of carboxylic acids is 1. The van der Waals surface area contributed by atoms with Crippen molar-refractivity contribution >= 4 is 23.3 Å². The molecule has 4 rings (SSSR count). The number of ether oxygens (including phenoxy) is 1. The molecular formula is C29H32ClNO4. The Balaban J connectivity index is 1.85. The Morgan fingerprint density at radius 3 is 2.23 bits per heavy atom. The zero-order chi connectivity index (χ0) is 25.2. The molecule has 0 amide bonds. The molecule has 0 radical (unpaired) electrons. The van der Waals surface area contributed by atoms with E-state index in [-0.39, 0.29) is 24.2 Å². The molecule has 3 aromatic rings. The Kier molecular flexibility index (Phi) is 7.39. The van der Waals surface area contributed by atoms with Gasteiger partial charge in [0.05, 0.1) is 22.9 Å². The minimum absolute atomic E-state index is 0.0836. The van der Waals surface area contributed by atoms with Gasteiger partial charge < -0.3 is 19.8 Å². The van der Waals surface area contributed by atoms with Crippen LogP contribution in [0.3, 0.4) is 0 Å². The van der Waals surface area contributed by atoms with Crippen LogP contribution in [0.5, 0.6) is 5.75 Å². The van der Waals surface area contributed by atoms with Crippen molar-refractivity contribution in [3.8, 4) is 28.0 Å². The first-order valence-electron chi connectivity index (χ1n) is 12.0. The molecule has 3 aromatic carbocycles. The van der Waals surface area contributed by atoms with Crippen molar-refractivity contribution in [2.45, 2.75) is 39.0 Å². The lowest BCUT2D eigenvalue weighted by Gasteiger charge is -2.30. The van der Waals surface area contributed by atoms with Crippen molar-refractivity contribution in [1.82, 2.24) is 0 Å². The second-order valence-corrected chi connectivity index (χ2v) is 10.4. The summed E-state index contributed by atoms with van der Waals surface area (Å²) in [6.07, 6.45) is 2.34. The van der Waals surface area contributed by atoms with Crippen molar-refractivity contribution in [3.63, 3.8) is 0 Å². The average Bonchev–Trinajstić information content (AvgIpc) is 3.36.